The lowest BCUT2D eigenvalue weighted by atomic mass is 10.2. The van der Waals surface area contributed by atoms with Crippen molar-refractivity contribution in [3.05, 3.63) is 18.2 Å². The monoisotopic (exact) mass is 237 g/mol. The summed E-state index contributed by atoms with van der Waals surface area (Å²) in [4.78, 5) is 0. The first kappa shape index (κ1) is 12.0. The number of anilines is 1. The summed E-state index contributed by atoms with van der Waals surface area (Å²) >= 11 is 0. The van der Waals surface area contributed by atoms with Gasteiger partial charge in [0.05, 0.1) is 25.5 Å². The van der Waals surface area contributed by atoms with Gasteiger partial charge in [0, 0.05) is 19.1 Å². The second-order valence-corrected chi connectivity index (χ2v) is 4.18. The lowest BCUT2D eigenvalue weighted by Crippen LogP contribution is -2.11. The quantitative estimate of drug-likeness (QED) is 0.798. The highest BCUT2D eigenvalue weighted by atomic mass is 16.5. The van der Waals surface area contributed by atoms with E-state index in [0.717, 1.165) is 31.6 Å². The molecule has 4 heteroatoms. The maximum Gasteiger partial charge on any atom is 0.142 e. The molecule has 1 saturated heterocycles. The Morgan fingerprint density at radius 1 is 1.47 bits per heavy atom. The Labute approximate surface area is 102 Å². The molecule has 17 heavy (non-hydrogen) atoms. The molecule has 2 rings (SSSR count). The van der Waals surface area contributed by atoms with E-state index in [9.17, 15) is 0 Å². The Bertz CT molecular complexity index is 362. The fraction of sp³-hybridized carbons (Fsp3) is 0.538. The third-order valence-electron chi connectivity index (χ3n) is 2.94. The highest BCUT2D eigenvalue weighted by Crippen LogP contribution is 2.26. The van der Waals surface area contributed by atoms with Crippen molar-refractivity contribution >= 4 is 5.69 Å². The Hall–Kier alpha value is -1.42. The van der Waals surface area contributed by atoms with Crippen LogP contribution in [0.5, 0.6) is 11.5 Å². The van der Waals surface area contributed by atoms with Gasteiger partial charge in [-0.25, -0.2) is 0 Å². The van der Waals surface area contributed by atoms with Gasteiger partial charge in [0.2, 0.25) is 0 Å². The minimum absolute atomic E-state index is 0.356. The largest absolute Gasteiger partial charge is 0.497 e. The summed E-state index contributed by atoms with van der Waals surface area (Å²) in [7, 11) is 1.62. The maximum absolute atomic E-state index is 5.85. The third kappa shape index (κ3) is 3.27. The minimum atomic E-state index is 0.356. The summed E-state index contributed by atoms with van der Waals surface area (Å²) in [6.45, 7) is 1.52. The van der Waals surface area contributed by atoms with Crippen LogP contribution in [-0.4, -0.2) is 26.4 Å². The summed E-state index contributed by atoms with van der Waals surface area (Å²) in [6, 6.07) is 5.45. The van der Waals surface area contributed by atoms with Gasteiger partial charge >= 0.3 is 0 Å². The van der Waals surface area contributed by atoms with Gasteiger partial charge in [0.1, 0.15) is 11.5 Å². The summed E-state index contributed by atoms with van der Waals surface area (Å²) in [5.41, 5.74) is 6.46. The van der Waals surface area contributed by atoms with E-state index in [1.165, 1.54) is 0 Å². The van der Waals surface area contributed by atoms with Gasteiger partial charge in [-0.2, -0.15) is 0 Å². The molecule has 2 N–H and O–H groups in total. The number of hydrogen-bond acceptors (Lipinski definition) is 4. The van der Waals surface area contributed by atoms with Crippen molar-refractivity contribution < 1.29 is 14.2 Å². The molecule has 1 aromatic carbocycles. The molecular weight excluding hydrogens is 218 g/mol. The molecule has 0 amide bonds. The third-order valence-corrected chi connectivity index (χ3v) is 2.94. The standard InChI is InChI=1S/C13H19NO3/c1-15-11-4-5-13(12(14)9-11)17-8-6-10-3-2-7-16-10/h4-5,9-10H,2-3,6-8,14H2,1H3. The molecular formula is C13H19NO3. The van der Waals surface area contributed by atoms with Crippen LogP contribution in [0.2, 0.25) is 0 Å². The fourth-order valence-corrected chi connectivity index (χ4v) is 1.96. The second kappa shape index (κ2) is 5.77. The number of benzene rings is 1. The molecule has 1 aromatic rings. The van der Waals surface area contributed by atoms with Gasteiger partial charge in [-0.15, -0.1) is 0 Å². The first-order valence-corrected chi connectivity index (χ1v) is 5.97. The second-order valence-electron chi connectivity index (χ2n) is 4.18. The number of rotatable bonds is 5. The Morgan fingerprint density at radius 2 is 2.35 bits per heavy atom. The summed E-state index contributed by atoms with van der Waals surface area (Å²) in [6.07, 6.45) is 3.58. The summed E-state index contributed by atoms with van der Waals surface area (Å²) in [5.74, 6) is 1.46. The Balaban J connectivity index is 1.81. The van der Waals surface area contributed by atoms with E-state index in [-0.39, 0.29) is 0 Å². The maximum atomic E-state index is 5.85. The molecule has 0 bridgehead atoms. The molecule has 1 aliphatic heterocycles. The van der Waals surface area contributed by atoms with Gasteiger partial charge < -0.3 is 19.9 Å². The van der Waals surface area contributed by atoms with Crippen LogP contribution >= 0.6 is 0 Å². The number of nitrogens with two attached hydrogens (primary N) is 1. The Kier molecular flexibility index (Phi) is 4.09. The van der Waals surface area contributed by atoms with Crippen LogP contribution < -0.4 is 15.2 Å². The molecule has 0 saturated carbocycles. The number of nitrogen functional groups attached to an aromatic ring is 1. The normalized spacial score (nSPS) is 19.2. The molecule has 0 aromatic heterocycles. The highest BCUT2D eigenvalue weighted by molar-refractivity contribution is 5.56. The molecule has 94 valence electrons. The van der Waals surface area contributed by atoms with Crippen LogP contribution in [-0.2, 0) is 4.74 Å². The van der Waals surface area contributed by atoms with E-state index in [0.29, 0.717) is 24.1 Å². The van der Waals surface area contributed by atoms with Gasteiger partial charge in [0.15, 0.2) is 0 Å². The van der Waals surface area contributed by atoms with Crippen molar-refractivity contribution in [2.45, 2.75) is 25.4 Å². The van der Waals surface area contributed by atoms with Crippen LogP contribution in [0.1, 0.15) is 19.3 Å². The van der Waals surface area contributed by atoms with E-state index in [1.54, 1.807) is 13.2 Å². The van der Waals surface area contributed by atoms with Gasteiger partial charge in [-0.05, 0) is 25.0 Å². The molecule has 1 fully saturated rings. The van der Waals surface area contributed by atoms with Crippen LogP contribution in [0.3, 0.4) is 0 Å². The smallest absolute Gasteiger partial charge is 0.142 e. The number of ether oxygens (including phenoxy) is 3. The topological polar surface area (TPSA) is 53.7 Å². The van der Waals surface area contributed by atoms with E-state index in [2.05, 4.69) is 0 Å². The number of hydrogen-bond donors (Lipinski definition) is 1. The van der Waals surface area contributed by atoms with Crippen LogP contribution in [0, 0.1) is 0 Å². The SMILES string of the molecule is COc1ccc(OCCC2CCCO2)c(N)c1. The minimum Gasteiger partial charge on any atom is -0.497 e. The summed E-state index contributed by atoms with van der Waals surface area (Å²) < 4.78 is 16.2. The van der Waals surface area contributed by atoms with E-state index >= 15 is 0 Å². The van der Waals surface area contributed by atoms with E-state index in [1.807, 2.05) is 12.1 Å². The fourth-order valence-electron chi connectivity index (χ4n) is 1.96. The zero-order chi connectivity index (χ0) is 12.1. The van der Waals surface area contributed by atoms with Crippen molar-refractivity contribution in [1.82, 2.24) is 0 Å². The van der Waals surface area contributed by atoms with Crippen molar-refractivity contribution in [2.24, 2.45) is 0 Å². The van der Waals surface area contributed by atoms with E-state index in [4.69, 9.17) is 19.9 Å². The molecule has 0 spiro atoms. The van der Waals surface area contributed by atoms with Gasteiger partial charge in [0.25, 0.3) is 0 Å². The Morgan fingerprint density at radius 3 is 3.00 bits per heavy atom. The van der Waals surface area contributed by atoms with Crippen molar-refractivity contribution in [3.8, 4) is 11.5 Å². The van der Waals surface area contributed by atoms with Crippen molar-refractivity contribution in [1.29, 1.82) is 0 Å². The predicted octanol–water partition coefficient (Wildman–Crippen LogP) is 2.23. The molecule has 0 radical (unpaired) electrons. The molecule has 1 atom stereocenters. The van der Waals surface area contributed by atoms with Crippen LogP contribution in [0.15, 0.2) is 18.2 Å². The highest BCUT2D eigenvalue weighted by Gasteiger charge is 2.15. The average Bonchev–Trinajstić information content (AvgIpc) is 2.84. The molecule has 1 aliphatic rings. The van der Waals surface area contributed by atoms with E-state index < -0.39 is 0 Å². The predicted molar refractivity (Wildman–Crippen MR) is 66.5 cm³/mol. The number of methoxy groups -OCH3 is 1. The molecule has 4 nitrogen and oxygen atoms in total. The van der Waals surface area contributed by atoms with Gasteiger partial charge in [-0.3, -0.25) is 0 Å². The average molecular weight is 237 g/mol. The lowest BCUT2D eigenvalue weighted by Gasteiger charge is -2.12. The van der Waals surface area contributed by atoms with Crippen LogP contribution in [0.25, 0.3) is 0 Å². The van der Waals surface area contributed by atoms with Crippen molar-refractivity contribution in [3.63, 3.8) is 0 Å². The van der Waals surface area contributed by atoms with Crippen molar-refractivity contribution in [2.75, 3.05) is 26.1 Å². The zero-order valence-corrected chi connectivity index (χ0v) is 10.1. The lowest BCUT2D eigenvalue weighted by molar-refractivity contribution is 0.0904. The molecule has 1 heterocycles. The molecule has 0 aliphatic carbocycles. The van der Waals surface area contributed by atoms with Crippen LogP contribution in [0.4, 0.5) is 5.69 Å². The molecule has 1 unspecified atom stereocenters. The van der Waals surface area contributed by atoms with Gasteiger partial charge in [-0.1, -0.05) is 0 Å². The first-order valence-electron chi connectivity index (χ1n) is 5.97. The zero-order valence-electron chi connectivity index (χ0n) is 10.1. The summed E-state index contributed by atoms with van der Waals surface area (Å²) in [5, 5.41) is 0. The first-order chi connectivity index (χ1) is 8.29.